The fraction of sp³-hybridized carbons (Fsp3) is 0.824. The van der Waals surface area contributed by atoms with Crippen LogP contribution >= 0.6 is 0 Å². The summed E-state index contributed by atoms with van der Waals surface area (Å²) in [6.07, 6.45) is 12.6. The van der Waals surface area contributed by atoms with Crippen molar-refractivity contribution in [1.29, 1.82) is 0 Å². The van der Waals surface area contributed by atoms with Crippen molar-refractivity contribution in [3.63, 3.8) is 0 Å². The van der Waals surface area contributed by atoms with Gasteiger partial charge in [0.05, 0.1) is 11.7 Å². The minimum Gasteiger partial charge on any atom is -0.311 e. The number of piperidine rings is 1. The molecule has 0 spiro atoms. The molecule has 2 unspecified atom stereocenters. The van der Waals surface area contributed by atoms with Gasteiger partial charge in [-0.3, -0.25) is 4.68 Å². The molecule has 0 aromatic carbocycles. The highest BCUT2D eigenvalue weighted by atomic mass is 19.1. The first kappa shape index (κ1) is 13.7. The Morgan fingerprint density at radius 3 is 2.57 bits per heavy atom. The van der Waals surface area contributed by atoms with Crippen LogP contribution in [0.4, 0.5) is 4.39 Å². The van der Waals surface area contributed by atoms with Crippen molar-refractivity contribution < 1.29 is 4.39 Å². The lowest BCUT2D eigenvalue weighted by molar-refractivity contribution is 0.0880. The van der Waals surface area contributed by atoms with Gasteiger partial charge < -0.3 is 5.32 Å². The number of aromatic nitrogens is 2. The van der Waals surface area contributed by atoms with Gasteiger partial charge >= 0.3 is 0 Å². The first-order chi connectivity index (χ1) is 10.2. The zero-order chi connectivity index (χ0) is 14.3. The number of nitrogens with zero attached hydrogens (tertiary/aromatic N) is 2. The smallest absolute Gasteiger partial charge is 0.119 e. The lowest BCUT2D eigenvalue weighted by Gasteiger charge is -2.34. The molecule has 2 saturated heterocycles. The molecule has 0 radical (unpaired) electrons. The van der Waals surface area contributed by atoms with Crippen LogP contribution in [0, 0.1) is 0 Å². The molecule has 1 N–H and O–H groups in total. The average Bonchev–Trinajstić information content (AvgIpc) is 3.06. The number of hydrogen-bond donors (Lipinski definition) is 1. The van der Waals surface area contributed by atoms with Crippen LogP contribution in [0.5, 0.6) is 0 Å². The van der Waals surface area contributed by atoms with Gasteiger partial charge in [-0.05, 0) is 44.6 Å². The monoisotopic (exact) mass is 291 g/mol. The summed E-state index contributed by atoms with van der Waals surface area (Å²) in [5, 5.41) is 8.22. The Kier molecular flexibility index (Phi) is 3.52. The van der Waals surface area contributed by atoms with Crippen LogP contribution in [0.3, 0.4) is 0 Å². The number of rotatable bonds is 3. The van der Waals surface area contributed by atoms with Gasteiger partial charge in [-0.15, -0.1) is 0 Å². The third-order valence-corrected chi connectivity index (χ3v) is 5.67. The summed E-state index contributed by atoms with van der Waals surface area (Å²) in [5.74, 6) is 0. The molecule has 4 heteroatoms. The summed E-state index contributed by atoms with van der Waals surface area (Å²) in [5.41, 5.74) is -0.0904. The van der Waals surface area contributed by atoms with Crippen LogP contribution in [-0.2, 0) is 6.42 Å². The molecule has 116 valence electrons. The fourth-order valence-electron chi connectivity index (χ4n) is 4.68. The second kappa shape index (κ2) is 5.38. The quantitative estimate of drug-likeness (QED) is 0.923. The lowest BCUT2D eigenvalue weighted by Crippen LogP contribution is -2.47. The second-order valence-corrected chi connectivity index (χ2v) is 7.45. The minimum atomic E-state index is -1.04. The predicted molar refractivity (Wildman–Crippen MR) is 81.1 cm³/mol. The standard InChI is InChI=1S/C17H26FN3/c18-17(10-13-6-7-14(11-17)19-13)12-15-8-9-21(20-15)16-4-2-1-3-5-16/h8-9,13-14,16,19H,1-7,10-12H2. The Balaban J connectivity index is 1.43. The molecule has 2 bridgehead atoms. The normalized spacial score (nSPS) is 37.0. The Morgan fingerprint density at radius 2 is 1.86 bits per heavy atom. The molecule has 3 nitrogen and oxygen atoms in total. The van der Waals surface area contributed by atoms with Gasteiger partial charge in [-0.1, -0.05) is 19.3 Å². The Labute approximate surface area is 126 Å². The summed E-state index contributed by atoms with van der Waals surface area (Å²) < 4.78 is 17.3. The fourth-order valence-corrected chi connectivity index (χ4v) is 4.68. The van der Waals surface area contributed by atoms with Crippen molar-refractivity contribution in [2.45, 2.75) is 88.0 Å². The van der Waals surface area contributed by atoms with Gasteiger partial charge in [0.25, 0.3) is 0 Å². The molecule has 2 aliphatic heterocycles. The maximum Gasteiger partial charge on any atom is 0.119 e. The molecule has 1 aromatic heterocycles. The lowest BCUT2D eigenvalue weighted by atomic mass is 9.85. The van der Waals surface area contributed by atoms with Gasteiger partial charge in [0.15, 0.2) is 0 Å². The SMILES string of the molecule is FC1(Cc2ccn(C3CCCCC3)n2)CC2CCC(C1)N2. The average molecular weight is 291 g/mol. The van der Waals surface area contributed by atoms with E-state index in [0.717, 1.165) is 18.5 Å². The van der Waals surface area contributed by atoms with Crippen LogP contribution in [0.15, 0.2) is 12.3 Å². The van der Waals surface area contributed by atoms with E-state index in [1.165, 1.54) is 32.1 Å². The highest BCUT2D eigenvalue weighted by Crippen LogP contribution is 2.38. The molecule has 1 aliphatic carbocycles. The zero-order valence-corrected chi connectivity index (χ0v) is 12.7. The summed E-state index contributed by atoms with van der Waals surface area (Å²) in [6, 6.07) is 3.38. The van der Waals surface area contributed by atoms with Gasteiger partial charge in [0.1, 0.15) is 5.67 Å². The van der Waals surface area contributed by atoms with Gasteiger partial charge in [0.2, 0.25) is 0 Å². The summed E-state index contributed by atoms with van der Waals surface area (Å²) >= 11 is 0. The van der Waals surface area contributed by atoms with Crippen LogP contribution in [-0.4, -0.2) is 27.5 Å². The first-order valence-electron chi connectivity index (χ1n) is 8.69. The number of alkyl halides is 1. The number of nitrogens with one attached hydrogen (secondary N) is 1. The van der Waals surface area contributed by atoms with Gasteiger partial charge in [-0.25, -0.2) is 4.39 Å². The maximum absolute atomic E-state index is 15.2. The second-order valence-electron chi connectivity index (χ2n) is 7.45. The third kappa shape index (κ3) is 2.87. The molecule has 1 aromatic rings. The molecule has 3 aliphatic rings. The molecule has 2 atom stereocenters. The van der Waals surface area contributed by atoms with E-state index >= 15 is 4.39 Å². The van der Waals surface area contributed by atoms with E-state index in [-0.39, 0.29) is 0 Å². The predicted octanol–water partition coefficient (Wildman–Crippen LogP) is 3.55. The van der Waals surface area contributed by atoms with Crippen LogP contribution in [0.1, 0.15) is 69.5 Å². The van der Waals surface area contributed by atoms with Crippen LogP contribution < -0.4 is 5.32 Å². The van der Waals surface area contributed by atoms with Crippen LogP contribution in [0.25, 0.3) is 0 Å². The van der Waals surface area contributed by atoms with E-state index in [1.54, 1.807) is 0 Å². The Bertz CT molecular complexity index is 480. The zero-order valence-electron chi connectivity index (χ0n) is 12.7. The van der Waals surface area contributed by atoms with Gasteiger partial charge in [-0.2, -0.15) is 5.10 Å². The molecular weight excluding hydrogens is 265 g/mol. The summed E-state index contributed by atoms with van der Waals surface area (Å²) in [6.45, 7) is 0. The minimum absolute atomic E-state index is 0.397. The molecule has 3 heterocycles. The summed E-state index contributed by atoms with van der Waals surface area (Å²) in [4.78, 5) is 0. The van der Waals surface area contributed by atoms with E-state index in [0.29, 0.717) is 37.4 Å². The molecule has 3 fully saturated rings. The van der Waals surface area contributed by atoms with E-state index in [4.69, 9.17) is 5.10 Å². The van der Waals surface area contributed by atoms with E-state index in [2.05, 4.69) is 16.2 Å². The number of halogens is 1. The Hall–Kier alpha value is -0.900. The largest absolute Gasteiger partial charge is 0.311 e. The number of fused-ring (bicyclic) bond motifs is 2. The van der Waals surface area contributed by atoms with Crippen molar-refractivity contribution in [3.8, 4) is 0 Å². The van der Waals surface area contributed by atoms with Crippen molar-refractivity contribution in [2.24, 2.45) is 0 Å². The highest BCUT2D eigenvalue weighted by molar-refractivity contribution is 5.09. The first-order valence-corrected chi connectivity index (χ1v) is 8.69. The van der Waals surface area contributed by atoms with Gasteiger partial charge in [0, 0.05) is 24.7 Å². The molecule has 21 heavy (non-hydrogen) atoms. The highest BCUT2D eigenvalue weighted by Gasteiger charge is 2.44. The van der Waals surface area contributed by atoms with E-state index < -0.39 is 5.67 Å². The van der Waals surface area contributed by atoms with Crippen molar-refractivity contribution in [3.05, 3.63) is 18.0 Å². The number of hydrogen-bond acceptors (Lipinski definition) is 2. The summed E-state index contributed by atoms with van der Waals surface area (Å²) in [7, 11) is 0. The van der Waals surface area contributed by atoms with Crippen molar-refractivity contribution in [2.75, 3.05) is 0 Å². The van der Waals surface area contributed by atoms with Crippen molar-refractivity contribution >= 4 is 0 Å². The molecule has 4 rings (SSSR count). The maximum atomic E-state index is 15.2. The molecular formula is C17H26FN3. The van der Waals surface area contributed by atoms with E-state index in [1.807, 2.05) is 6.07 Å². The van der Waals surface area contributed by atoms with E-state index in [9.17, 15) is 0 Å². The third-order valence-electron chi connectivity index (χ3n) is 5.67. The molecule has 0 amide bonds. The Morgan fingerprint density at radius 1 is 1.14 bits per heavy atom. The molecule has 1 saturated carbocycles. The topological polar surface area (TPSA) is 29.9 Å². The van der Waals surface area contributed by atoms with Crippen LogP contribution in [0.2, 0.25) is 0 Å². The van der Waals surface area contributed by atoms with Crippen molar-refractivity contribution in [1.82, 2.24) is 15.1 Å².